The van der Waals surface area contributed by atoms with Crippen LogP contribution in [-0.2, 0) is 4.74 Å². The van der Waals surface area contributed by atoms with Crippen molar-refractivity contribution in [3.8, 4) is 22.3 Å². The van der Waals surface area contributed by atoms with E-state index in [-0.39, 0.29) is 33.4 Å². The molecule has 6 aromatic rings. The smallest absolute Gasteiger partial charge is 0.347 e. The zero-order valence-electron chi connectivity index (χ0n) is 22.5. The van der Waals surface area contributed by atoms with Crippen LogP contribution in [0.15, 0.2) is 121 Å². The van der Waals surface area contributed by atoms with Gasteiger partial charge in [-0.3, -0.25) is 0 Å². The first-order valence-corrected chi connectivity index (χ1v) is 13.3. The summed E-state index contributed by atoms with van der Waals surface area (Å²) in [5, 5.41) is 22.6. The minimum absolute atomic E-state index is 0.286. The van der Waals surface area contributed by atoms with Crippen molar-refractivity contribution in [2.75, 3.05) is 0 Å². The molecular formula is C36H22O7. The molecule has 0 spiro atoms. The van der Waals surface area contributed by atoms with E-state index >= 15 is 0 Å². The molecule has 0 aliphatic heterocycles. The number of carbonyl (C=O) groups excluding carboxylic acids is 2. The number of rotatable bonds is 6. The fourth-order valence-electron chi connectivity index (χ4n) is 5.45. The molecule has 0 aromatic heterocycles. The Morgan fingerprint density at radius 1 is 0.465 bits per heavy atom. The molecule has 0 heterocycles. The first kappa shape index (κ1) is 27.1. The highest BCUT2D eigenvalue weighted by Gasteiger charge is 2.31. The van der Waals surface area contributed by atoms with E-state index in [1.54, 1.807) is 109 Å². The third kappa shape index (κ3) is 4.89. The minimum atomic E-state index is -1.38. The molecule has 6 aromatic carbocycles. The van der Waals surface area contributed by atoms with Crippen LogP contribution >= 0.6 is 0 Å². The fraction of sp³-hybridized carbons (Fsp3) is 0. The maximum absolute atomic E-state index is 13.9. The molecule has 6 rings (SSSR count). The Kier molecular flexibility index (Phi) is 6.97. The predicted molar refractivity (Wildman–Crippen MR) is 162 cm³/mol. The van der Waals surface area contributed by atoms with Crippen molar-refractivity contribution in [3.63, 3.8) is 0 Å². The number of ether oxygens (including phenoxy) is 1. The summed E-state index contributed by atoms with van der Waals surface area (Å²) < 4.78 is 5.42. The van der Waals surface area contributed by atoms with Crippen molar-refractivity contribution >= 4 is 45.4 Å². The van der Waals surface area contributed by atoms with Crippen molar-refractivity contribution < 1.29 is 34.1 Å². The number of hydrogen-bond donors (Lipinski definition) is 2. The lowest BCUT2D eigenvalue weighted by atomic mass is 9.89. The molecule has 208 valence electrons. The van der Waals surface area contributed by atoms with Gasteiger partial charge in [0.1, 0.15) is 0 Å². The second-order valence-corrected chi connectivity index (χ2v) is 9.81. The summed E-state index contributed by atoms with van der Waals surface area (Å²) in [6, 6.07) is 34.2. The Balaban J connectivity index is 1.58. The number of benzene rings is 6. The molecule has 0 fully saturated rings. The molecule has 0 amide bonds. The van der Waals surface area contributed by atoms with Crippen LogP contribution < -0.4 is 0 Å². The van der Waals surface area contributed by atoms with Gasteiger partial charge in [-0.2, -0.15) is 0 Å². The van der Waals surface area contributed by atoms with Crippen LogP contribution in [0.25, 0.3) is 43.8 Å². The summed E-state index contributed by atoms with van der Waals surface area (Å²) in [7, 11) is 0. The minimum Gasteiger partial charge on any atom is -0.478 e. The number of aromatic carboxylic acids is 2. The molecule has 0 atom stereocenters. The number of hydrogen-bond acceptors (Lipinski definition) is 5. The molecule has 0 radical (unpaired) electrons. The fourth-order valence-corrected chi connectivity index (χ4v) is 5.45. The standard InChI is InChI=1S/C36H22O7/c37-33(38)27-19-23-15-7-9-17-25(23)29(21-11-3-1-4-12-21)31(27)35(41)43-36(42)32-28(34(39)40)20-24-16-8-10-18-26(24)30(32)22-13-5-2-6-14-22/h1-20H,(H,37,38)(H,39,40). The molecule has 7 nitrogen and oxygen atoms in total. The Labute approximate surface area is 245 Å². The molecular weight excluding hydrogens is 544 g/mol. The number of carboxylic acids is 2. The maximum Gasteiger partial charge on any atom is 0.347 e. The summed E-state index contributed by atoms with van der Waals surface area (Å²) in [4.78, 5) is 52.8. The van der Waals surface area contributed by atoms with Crippen LogP contribution in [0.5, 0.6) is 0 Å². The third-order valence-electron chi connectivity index (χ3n) is 7.28. The van der Waals surface area contributed by atoms with Gasteiger partial charge >= 0.3 is 23.9 Å². The first-order valence-electron chi connectivity index (χ1n) is 13.3. The van der Waals surface area contributed by atoms with Crippen molar-refractivity contribution in [2.24, 2.45) is 0 Å². The largest absolute Gasteiger partial charge is 0.478 e. The first-order chi connectivity index (χ1) is 20.8. The van der Waals surface area contributed by atoms with Crippen molar-refractivity contribution in [3.05, 3.63) is 144 Å². The van der Waals surface area contributed by atoms with E-state index in [0.717, 1.165) is 0 Å². The number of fused-ring (bicyclic) bond motifs is 2. The topological polar surface area (TPSA) is 118 Å². The highest BCUT2D eigenvalue weighted by atomic mass is 16.6. The molecule has 0 saturated carbocycles. The van der Waals surface area contributed by atoms with Gasteiger partial charge in [0.25, 0.3) is 0 Å². The van der Waals surface area contributed by atoms with Gasteiger partial charge in [0.2, 0.25) is 0 Å². The van der Waals surface area contributed by atoms with Gasteiger partial charge in [-0.05, 0) is 44.8 Å². The highest BCUT2D eigenvalue weighted by Crippen LogP contribution is 2.38. The summed E-state index contributed by atoms with van der Waals surface area (Å²) in [5.74, 6) is -5.19. The number of esters is 2. The Morgan fingerprint density at radius 2 is 0.814 bits per heavy atom. The van der Waals surface area contributed by atoms with Crippen LogP contribution in [0.1, 0.15) is 41.4 Å². The Hall–Kier alpha value is -6.08. The van der Waals surface area contributed by atoms with Gasteiger partial charge in [0.05, 0.1) is 22.3 Å². The molecule has 0 unspecified atom stereocenters. The number of carbonyl (C=O) groups is 4. The Bertz CT molecular complexity index is 1930. The maximum atomic E-state index is 13.9. The molecule has 43 heavy (non-hydrogen) atoms. The van der Waals surface area contributed by atoms with E-state index in [9.17, 15) is 29.4 Å². The van der Waals surface area contributed by atoms with Crippen LogP contribution in [-0.4, -0.2) is 34.1 Å². The van der Waals surface area contributed by atoms with Crippen LogP contribution in [0.2, 0.25) is 0 Å². The second-order valence-electron chi connectivity index (χ2n) is 9.81. The highest BCUT2D eigenvalue weighted by molar-refractivity contribution is 6.20. The van der Waals surface area contributed by atoms with Crippen LogP contribution in [0.3, 0.4) is 0 Å². The third-order valence-corrected chi connectivity index (χ3v) is 7.28. The second kappa shape index (κ2) is 11.1. The summed E-state index contributed by atoms with van der Waals surface area (Å²) in [5.41, 5.74) is 0.329. The van der Waals surface area contributed by atoms with Gasteiger partial charge < -0.3 is 14.9 Å². The molecule has 0 aliphatic rings. The molecule has 0 bridgehead atoms. The monoisotopic (exact) mass is 566 g/mol. The molecule has 2 N–H and O–H groups in total. The average molecular weight is 567 g/mol. The van der Waals surface area contributed by atoms with Gasteiger partial charge in [-0.25, -0.2) is 19.2 Å². The SMILES string of the molecule is O=C(O)c1cc2ccccc2c(-c2ccccc2)c1C(=O)OC(=O)c1c(C(=O)O)cc2ccccc2c1-c1ccccc1. The number of carboxylic acid groups (broad SMARTS) is 2. The molecule has 0 saturated heterocycles. The van der Waals surface area contributed by atoms with Crippen molar-refractivity contribution in [2.45, 2.75) is 0 Å². The average Bonchev–Trinajstić information content (AvgIpc) is 3.03. The quantitative estimate of drug-likeness (QED) is 0.156. The van der Waals surface area contributed by atoms with Crippen LogP contribution in [0, 0.1) is 0 Å². The summed E-state index contributed by atoms with van der Waals surface area (Å²) >= 11 is 0. The lowest BCUT2D eigenvalue weighted by Gasteiger charge is -2.18. The van der Waals surface area contributed by atoms with Crippen LogP contribution in [0.4, 0.5) is 0 Å². The lowest BCUT2D eigenvalue weighted by molar-refractivity contribution is 0.0388. The zero-order valence-corrected chi connectivity index (χ0v) is 22.5. The molecule has 7 heteroatoms. The summed E-state index contributed by atoms with van der Waals surface area (Å²) in [6.45, 7) is 0. The van der Waals surface area contributed by atoms with E-state index in [1.807, 2.05) is 0 Å². The van der Waals surface area contributed by atoms with Crippen molar-refractivity contribution in [1.29, 1.82) is 0 Å². The van der Waals surface area contributed by atoms with Gasteiger partial charge in [0, 0.05) is 11.1 Å². The van der Waals surface area contributed by atoms with Gasteiger partial charge in [-0.15, -0.1) is 0 Å². The van der Waals surface area contributed by atoms with E-state index in [0.29, 0.717) is 32.7 Å². The predicted octanol–water partition coefficient (Wildman–Crippen LogP) is 7.72. The zero-order chi connectivity index (χ0) is 30.1. The van der Waals surface area contributed by atoms with Gasteiger partial charge in [-0.1, -0.05) is 109 Å². The van der Waals surface area contributed by atoms with Crippen molar-refractivity contribution in [1.82, 2.24) is 0 Å². The summed E-state index contributed by atoms with van der Waals surface area (Å²) in [6.07, 6.45) is 0. The van der Waals surface area contributed by atoms with Gasteiger partial charge in [0.15, 0.2) is 0 Å². The lowest BCUT2D eigenvalue weighted by Crippen LogP contribution is -2.20. The molecule has 0 aliphatic carbocycles. The van der Waals surface area contributed by atoms with E-state index in [2.05, 4.69) is 0 Å². The van der Waals surface area contributed by atoms with E-state index < -0.39 is 23.9 Å². The van der Waals surface area contributed by atoms with E-state index in [1.165, 1.54) is 12.1 Å². The Morgan fingerprint density at radius 3 is 1.19 bits per heavy atom. The normalized spacial score (nSPS) is 10.9. The van der Waals surface area contributed by atoms with E-state index in [4.69, 9.17) is 4.74 Å².